The van der Waals surface area contributed by atoms with Gasteiger partial charge in [-0.1, -0.05) is 35.9 Å². The van der Waals surface area contributed by atoms with E-state index in [-0.39, 0.29) is 12.2 Å². The highest BCUT2D eigenvalue weighted by molar-refractivity contribution is 6.31. The number of para-hydroxylation sites is 1. The van der Waals surface area contributed by atoms with E-state index in [2.05, 4.69) is 0 Å². The maximum atomic E-state index is 12.3. The molecular weight excluding hydrogens is 316 g/mol. The standard InChI is InChI=1S/C18H13ClO4/c1-2-22-17(20)15-10-12(19)7-8-13(15)14-9-11-5-3-4-6-16(11)23-18(14)21/h3-10H,2H2,1H3. The summed E-state index contributed by atoms with van der Waals surface area (Å²) in [5.74, 6) is -0.530. The fourth-order valence-corrected chi connectivity index (χ4v) is 2.55. The van der Waals surface area contributed by atoms with Crippen LogP contribution in [0.1, 0.15) is 17.3 Å². The Hall–Kier alpha value is -2.59. The van der Waals surface area contributed by atoms with Crippen LogP contribution in [0.5, 0.6) is 0 Å². The molecule has 1 heterocycles. The summed E-state index contributed by atoms with van der Waals surface area (Å²) in [6, 6.07) is 13.6. The van der Waals surface area contributed by atoms with Crippen molar-refractivity contribution in [2.24, 2.45) is 0 Å². The molecule has 4 nitrogen and oxygen atoms in total. The first-order chi connectivity index (χ1) is 11.1. The van der Waals surface area contributed by atoms with Crippen molar-refractivity contribution in [2.45, 2.75) is 6.92 Å². The van der Waals surface area contributed by atoms with Crippen LogP contribution in [0.4, 0.5) is 0 Å². The van der Waals surface area contributed by atoms with E-state index in [9.17, 15) is 9.59 Å². The van der Waals surface area contributed by atoms with Gasteiger partial charge in [-0.25, -0.2) is 9.59 Å². The van der Waals surface area contributed by atoms with Gasteiger partial charge >= 0.3 is 11.6 Å². The van der Waals surface area contributed by atoms with Crippen LogP contribution in [0.2, 0.25) is 5.02 Å². The van der Waals surface area contributed by atoms with Crippen molar-refractivity contribution >= 4 is 28.5 Å². The fraction of sp³-hybridized carbons (Fsp3) is 0.111. The lowest BCUT2D eigenvalue weighted by Gasteiger charge is -2.09. The van der Waals surface area contributed by atoms with Crippen molar-refractivity contribution in [1.82, 2.24) is 0 Å². The van der Waals surface area contributed by atoms with Crippen LogP contribution in [0.3, 0.4) is 0 Å². The molecule has 0 fully saturated rings. The second-order valence-corrected chi connectivity index (χ2v) is 5.33. The van der Waals surface area contributed by atoms with Crippen LogP contribution < -0.4 is 5.63 Å². The van der Waals surface area contributed by atoms with Crippen molar-refractivity contribution in [1.29, 1.82) is 0 Å². The van der Waals surface area contributed by atoms with Crippen molar-refractivity contribution in [3.05, 3.63) is 69.5 Å². The van der Waals surface area contributed by atoms with Gasteiger partial charge in [0.05, 0.1) is 17.7 Å². The van der Waals surface area contributed by atoms with Crippen LogP contribution >= 0.6 is 11.6 Å². The number of ether oxygens (including phenoxy) is 1. The zero-order valence-corrected chi connectivity index (χ0v) is 13.1. The minimum atomic E-state index is -0.530. The Labute approximate surface area is 137 Å². The lowest BCUT2D eigenvalue weighted by molar-refractivity contribution is 0.0527. The number of halogens is 1. The molecule has 0 bridgehead atoms. The summed E-state index contributed by atoms with van der Waals surface area (Å²) in [6.45, 7) is 1.95. The van der Waals surface area contributed by atoms with Gasteiger partial charge in [0, 0.05) is 16.0 Å². The first-order valence-corrected chi connectivity index (χ1v) is 7.48. The van der Waals surface area contributed by atoms with Gasteiger partial charge in [0.1, 0.15) is 5.58 Å². The minimum absolute atomic E-state index is 0.233. The Bertz CT molecular complexity index is 943. The second kappa shape index (κ2) is 6.26. The van der Waals surface area contributed by atoms with Gasteiger partial charge in [0.2, 0.25) is 0 Å². The number of hydrogen-bond acceptors (Lipinski definition) is 4. The summed E-state index contributed by atoms with van der Waals surface area (Å²) in [4.78, 5) is 24.5. The highest BCUT2D eigenvalue weighted by atomic mass is 35.5. The molecule has 0 aliphatic rings. The molecule has 5 heteroatoms. The normalized spacial score (nSPS) is 10.7. The van der Waals surface area contributed by atoms with Gasteiger partial charge in [0.25, 0.3) is 0 Å². The first-order valence-electron chi connectivity index (χ1n) is 7.10. The maximum absolute atomic E-state index is 12.3. The number of esters is 1. The van der Waals surface area contributed by atoms with Crippen molar-refractivity contribution in [3.63, 3.8) is 0 Å². The van der Waals surface area contributed by atoms with Gasteiger partial charge in [-0.3, -0.25) is 0 Å². The van der Waals surface area contributed by atoms with Crippen LogP contribution in [0.25, 0.3) is 22.1 Å². The molecule has 0 N–H and O–H groups in total. The van der Waals surface area contributed by atoms with E-state index in [1.165, 1.54) is 6.07 Å². The summed E-state index contributed by atoms with van der Waals surface area (Å²) in [5.41, 5.74) is 0.946. The molecule has 0 aliphatic carbocycles. The average Bonchev–Trinajstić information content (AvgIpc) is 2.54. The van der Waals surface area contributed by atoms with E-state index in [4.69, 9.17) is 20.8 Å². The quantitative estimate of drug-likeness (QED) is 0.531. The number of hydrogen-bond donors (Lipinski definition) is 0. The predicted octanol–water partition coefficient (Wildman–Crippen LogP) is 4.29. The summed E-state index contributed by atoms with van der Waals surface area (Å²) in [6.07, 6.45) is 0. The van der Waals surface area contributed by atoms with E-state index < -0.39 is 11.6 Å². The lowest BCUT2D eigenvalue weighted by atomic mass is 10.00. The Balaban J connectivity index is 2.24. The Morgan fingerprint density at radius 3 is 2.70 bits per heavy atom. The molecule has 0 saturated carbocycles. The number of fused-ring (bicyclic) bond motifs is 1. The molecule has 1 aromatic heterocycles. The summed E-state index contributed by atoms with van der Waals surface area (Å²) in [5, 5.41) is 1.16. The summed E-state index contributed by atoms with van der Waals surface area (Å²) >= 11 is 5.97. The lowest BCUT2D eigenvalue weighted by Crippen LogP contribution is -2.10. The van der Waals surface area contributed by atoms with Crippen LogP contribution in [0, 0.1) is 0 Å². The number of carbonyl (C=O) groups is 1. The monoisotopic (exact) mass is 328 g/mol. The van der Waals surface area contributed by atoms with Crippen molar-refractivity contribution in [3.8, 4) is 11.1 Å². The largest absolute Gasteiger partial charge is 0.462 e. The van der Waals surface area contributed by atoms with E-state index in [0.717, 1.165) is 5.39 Å². The molecule has 0 radical (unpaired) electrons. The van der Waals surface area contributed by atoms with E-state index in [1.54, 1.807) is 37.3 Å². The summed E-state index contributed by atoms with van der Waals surface area (Å²) < 4.78 is 10.4. The number of carbonyl (C=O) groups excluding carboxylic acids is 1. The third-order valence-corrected chi connectivity index (χ3v) is 3.64. The van der Waals surface area contributed by atoms with E-state index in [0.29, 0.717) is 21.7 Å². The van der Waals surface area contributed by atoms with Crippen LogP contribution in [-0.4, -0.2) is 12.6 Å². The molecule has 0 saturated heterocycles. The Morgan fingerprint density at radius 1 is 1.13 bits per heavy atom. The molecule has 2 aromatic carbocycles. The highest BCUT2D eigenvalue weighted by Gasteiger charge is 2.18. The molecule has 0 unspecified atom stereocenters. The van der Waals surface area contributed by atoms with Gasteiger partial charge in [-0.2, -0.15) is 0 Å². The van der Waals surface area contributed by atoms with Crippen LogP contribution in [0.15, 0.2) is 57.7 Å². The molecule has 0 aliphatic heterocycles. The summed E-state index contributed by atoms with van der Waals surface area (Å²) in [7, 11) is 0. The molecule has 116 valence electrons. The molecular formula is C18H13ClO4. The first kappa shape index (κ1) is 15.3. The Morgan fingerprint density at radius 2 is 1.91 bits per heavy atom. The average molecular weight is 329 g/mol. The van der Waals surface area contributed by atoms with Gasteiger partial charge in [-0.15, -0.1) is 0 Å². The SMILES string of the molecule is CCOC(=O)c1cc(Cl)ccc1-c1cc2ccccc2oc1=O. The maximum Gasteiger partial charge on any atom is 0.344 e. The van der Waals surface area contributed by atoms with Gasteiger partial charge in [0.15, 0.2) is 0 Å². The molecule has 0 spiro atoms. The second-order valence-electron chi connectivity index (χ2n) is 4.90. The number of benzene rings is 2. The third-order valence-electron chi connectivity index (χ3n) is 3.41. The minimum Gasteiger partial charge on any atom is -0.462 e. The van der Waals surface area contributed by atoms with E-state index in [1.807, 2.05) is 12.1 Å². The topological polar surface area (TPSA) is 56.5 Å². The highest BCUT2D eigenvalue weighted by Crippen LogP contribution is 2.27. The smallest absolute Gasteiger partial charge is 0.344 e. The van der Waals surface area contributed by atoms with Crippen molar-refractivity contribution < 1.29 is 13.9 Å². The Kier molecular flexibility index (Phi) is 4.17. The zero-order valence-electron chi connectivity index (χ0n) is 12.3. The van der Waals surface area contributed by atoms with Gasteiger partial charge in [-0.05, 0) is 31.2 Å². The molecule has 0 amide bonds. The number of rotatable bonds is 3. The molecule has 0 atom stereocenters. The zero-order chi connectivity index (χ0) is 16.4. The predicted molar refractivity (Wildman–Crippen MR) is 88.9 cm³/mol. The van der Waals surface area contributed by atoms with Crippen molar-refractivity contribution in [2.75, 3.05) is 6.61 Å². The third kappa shape index (κ3) is 2.98. The van der Waals surface area contributed by atoms with Gasteiger partial charge < -0.3 is 9.15 Å². The van der Waals surface area contributed by atoms with Crippen LogP contribution in [-0.2, 0) is 4.74 Å². The fourth-order valence-electron chi connectivity index (χ4n) is 2.38. The molecule has 23 heavy (non-hydrogen) atoms. The molecule has 3 rings (SSSR count). The van der Waals surface area contributed by atoms with E-state index >= 15 is 0 Å². The molecule has 3 aromatic rings.